The summed E-state index contributed by atoms with van der Waals surface area (Å²) in [6, 6.07) is 0. The van der Waals surface area contributed by atoms with Gasteiger partial charge in [-0.25, -0.2) is 0 Å². The van der Waals surface area contributed by atoms with Crippen LogP contribution in [0, 0.1) is 6.42 Å². The van der Waals surface area contributed by atoms with Crippen LogP contribution in [0.25, 0.3) is 0 Å². The van der Waals surface area contributed by atoms with Gasteiger partial charge in [0.05, 0.1) is 0 Å². The first-order chi connectivity index (χ1) is 1.41. The molecule has 0 amide bonds. The van der Waals surface area contributed by atoms with Gasteiger partial charge >= 0.3 is 37.7 Å². The second-order valence-electron chi connectivity index (χ2n) is 0.577. The van der Waals surface area contributed by atoms with Crippen molar-refractivity contribution in [3.05, 3.63) is 6.42 Å². The quantitative estimate of drug-likeness (QED) is 0.370. The molecule has 2 heteroatoms. The second kappa shape index (κ2) is 18.9. The summed E-state index contributed by atoms with van der Waals surface area (Å²) in [7, 11) is 0. The molecule has 0 aliphatic heterocycles. The van der Waals surface area contributed by atoms with Crippen LogP contribution in [-0.4, -0.2) is 43.2 Å². The minimum absolute atomic E-state index is 0. The molecule has 0 saturated heterocycles. The molecule has 0 saturated carbocycles. The summed E-state index contributed by atoms with van der Waals surface area (Å²) in [5, 5.41) is 0. The summed E-state index contributed by atoms with van der Waals surface area (Å²) in [4.78, 5) is 0. The van der Waals surface area contributed by atoms with E-state index in [0.717, 1.165) is 0 Å². The van der Waals surface area contributed by atoms with Crippen LogP contribution in [0.4, 0.5) is 0 Å². The maximum atomic E-state index is 2.00. The van der Waals surface area contributed by atoms with Crippen LogP contribution < -0.4 is 0 Å². The molecule has 0 aromatic rings. The van der Waals surface area contributed by atoms with E-state index in [-0.39, 0.29) is 43.2 Å². The van der Waals surface area contributed by atoms with Gasteiger partial charge in [0.1, 0.15) is 0 Å². The van der Waals surface area contributed by atoms with E-state index in [1.807, 2.05) is 20.3 Å². The molecule has 0 heterocycles. The zero-order chi connectivity index (χ0) is 2.71. The molecule has 0 spiro atoms. The average molecular weight is 103 g/mol. The Bertz CT molecular complexity index is 6.85. The summed E-state index contributed by atoms with van der Waals surface area (Å²) in [5.74, 6) is 0. The Morgan fingerprint density at radius 2 is 1.20 bits per heavy atom. The Hall–Kier alpha value is 1.22. The first-order valence-electron chi connectivity index (χ1n) is 1.15. The van der Waals surface area contributed by atoms with Crippen LogP contribution in [-0.2, 0) is 0 Å². The van der Waals surface area contributed by atoms with Gasteiger partial charge in [-0.3, -0.25) is 0 Å². The number of hydrogen-bond donors (Lipinski definition) is 0. The summed E-state index contributed by atoms with van der Waals surface area (Å²) >= 11 is 0. The molecule has 2 N–H and O–H groups in total. The van der Waals surface area contributed by atoms with E-state index >= 15 is 0 Å². The van der Waals surface area contributed by atoms with Gasteiger partial charge in [-0.1, -0.05) is 13.8 Å². The normalized spacial score (nSPS) is 3.60. The van der Waals surface area contributed by atoms with Crippen molar-refractivity contribution in [2.45, 2.75) is 13.8 Å². The van der Waals surface area contributed by atoms with Gasteiger partial charge < -0.3 is 5.48 Å². The van der Waals surface area contributed by atoms with E-state index in [9.17, 15) is 0 Å². The molecule has 0 aromatic heterocycles. The predicted octanol–water partition coefficient (Wildman–Crippen LogP) is -0.510. The molecule has 0 aliphatic rings. The Labute approximate surface area is 63.1 Å². The van der Waals surface area contributed by atoms with Gasteiger partial charge in [0.25, 0.3) is 0 Å². The predicted molar refractivity (Wildman–Crippen MR) is 27.8 cm³/mol. The summed E-state index contributed by atoms with van der Waals surface area (Å²) in [6.07, 6.45) is 2.00. The molecule has 31 valence electrons. The minimum atomic E-state index is 0. The standard InChI is InChI=1S/C3H7.Ca.H2O.2H/c1-3-2;;;;/h3H,1-2H3;;1H2;;. The first-order valence-corrected chi connectivity index (χ1v) is 1.15. The van der Waals surface area contributed by atoms with E-state index in [4.69, 9.17) is 0 Å². The molecule has 1 nitrogen and oxygen atoms in total. The van der Waals surface area contributed by atoms with E-state index < -0.39 is 0 Å². The number of rotatable bonds is 0. The second-order valence-corrected chi connectivity index (χ2v) is 0.577. The van der Waals surface area contributed by atoms with Crippen molar-refractivity contribution in [3.8, 4) is 0 Å². The molecule has 0 aromatic carbocycles. The molecule has 0 rings (SSSR count). The zero-order valence-electron chi connectivity index (χ0n) is 3.08. The Morgan fingerprint density at radius 3 is 1.20 bits per heavy atom. The topological polar surface area (TPSA) is 31.5 Å². The van der Waals surface area contributed by atoms with Crippen molar-refractivity contribution < 1.29 is 5.48 Å². The van der Waals surface area contributed by atoms with Crippen molar-refractivity contribution >= 4 is 37.7 Å². The molecule has 0 atom stereocenters. The van der Waals surface area contributed by atoms with Crippen molar-refractivity contribution in [3.63, 3.8) is 0 Å². The SMILES string of the molecule is C[CH]C.O.[CaH2]. The van der Waals surface area contributed by atoms with Crippen LogP contribution in [0.15, 0.2) is 0 Å². The molecular weight excluding hydrogens is 92.1 g/mol. The van der Waals surface area contributed by atoms with Crippen molar-refractivity contribution in [1.29, 1.82) is 0 Å². The van der Waals surface area contributed by atoms with E-state index in [0.29, 0.717) is 0 Å². The van der Waals surface area contributed by atoms with Gasteiger partial charge in [0.15, 0.2) is 0 Å². The maximum absolute atomic E-state index is 2.00. The van der Waals surface area contributed by atoms with Gasteiger partial charge in [-0.15, -0.1) is 0 Å². The van der Waals surface area contributed by atoms with E-state index in [1.54, 1.807) is 0 Å². The average Bonchev–Trinajstić information content (AvgIpc) is 0.918. The third kappa shape index (κ3) is 36.4. The summed E-state index contributed by atoms with van der Waals surface area (Å²) in [6.45, 7) is 4.00. The monoisotopic (exact) mass is 103 g/mol. The first kappa shape index (κ1) is 16.3. The van der Waals surface area contributed by atoms with Crippen molar-refractivity contribution in [2.24, 2.45) is 0 Å². The third-order valence-electron chi connectivity index (χ3n) is 0. The Morgan fingerprint density at radius 1 is 1.20 bits per heavy atom. The van der Waals surface area contributed by atoms with Crippen molar-refractivity contribution in [1.82, 2.24) is 0 Å². The van der Waals surface area contributed by atoms with Crippen LogP contribution in [0.5, 0.6) is 0 Å². The van der Waals surface area contributed by atoms with Gasteiger partial charge in [0.2, 0.25) is 0 Å². The third-order valence-corrected chi connectivity index (χ3v) is 0. The van der Waals surface area contributed by atoms with Crippen LogP contribution >= 0.6 is 0 Å². The molecule has 5 heavy (non-hydrogen) atoms. The summed E-state index contributed by atoms with van der Waals surface area (Å²) in [5.41, 5.74) is 0. The number of hydrogen-bond acceptors (Lipinski definition) is 0. The summed E-state index contributed by atoms with van der Waals surface area (Å²) < 4.78 is 0. The van der Waals surface area contributed by atoms with Gasteiger partial charge in [0, 0.05) is 0 Å². The fourth-order valence-corrected chi connectivity index (χ4v) is 0. The van der Waals surface area contributed by atoms with Crippen molar-refractivity contribution in [2.75, 3.05) is 0 Å². The van der Waals surface area contributed by atoms with Gasteiger partial charge in [-0.05, 0) is 6.42 Å². The molecule has 0 aliphatic carbocycles. The fourth-order valence-electron chi connectivity index (χ4n) is 0. The molecular formula is C3H11CaO. The van der Waals surface area contributed by atoms with E-state index in [1.165, 1.54) is 0 Å². The molecule has 0 unspecified atom stereocenters. The zero-order valence-corrected chi connectivity index (χ0v) is 3.08. The Balaban J connectivity index is -0.0000000200. The Kier molecular flexibility index (Phi) is 61.7. The van der Waals surface area contributed by atoms with Crippen LogP contribution in [0.3, 0.4) is 0 Å². The molecule has 1 radical (unpaired) electrons. The molecule has 0 fully saturated rings. The molecule has 0 bridgehead atoms. The van der Waals surface area contributed by atoms with E-state index in [2.05, 4.69) is 0 Å². The van der Waals surface area contributed by atoms with Crippen LogP contribution in [0.2, 0.25) is 0 Å². The van der Waals surface area contributed by atoms with Gasteiger partial charge in [-0.2, -0.15) is 0 Å². The fraction of sp³-hybridized carbons (Fsp3) is 0.667. The van der Waals surface area contributed by atoms with Crippen LogP contribution in [0.1, 0.15) is 13.8 Å².